The number of hydrogen-bond donors (Lipinski definition) is 2. The van der Waals surface area contributed by atoms with Crippen LogP contribution in [0.2, 0.25) is 0 Å². The van der Waals surface area contributed by atoms with Gasteiger partial charge in [0.1, 0.15) is 11.4 Å². The first kappa shape index (κ1) is 18.1. The molecule has 7 nitrogen and oxygen atoms in total. The van der Waals surface area contributed by atoms with Gasteiger partial charge in [-0.1, -0.05) is 6.07 Å². The van der Waals surface area contributed by atoms with E-state index in [1.165, 1.54) is 24.4 Å². The highest BCUT2D eigenvalue weighted by Crippen LogP contribution is 2.41. The Morgan fingerprint density at radius 1 is 1.21 bits per heavy atom. The topological polar surface area (TPSA) is 91.2 Å². The molecule has 5 rings (SSSR count). The van der Waals surface area contributed by atoms with Crippen molar-refractivity contribution in [3.8, 4) is 0 Å². The van der Waals surface area contributed by atoms with E-state index in [0.29, 0.717) is 19.5 Å². The van der Waals surface area contributed by atoms with Crippen molar-refractivity contribution >= 4 is 16.8 Å². The standard InChI is InChI=1S/C21H21FN4O3/c22-16-4-1-3-14-19(16)23-9-15(20(14)28)21(29)25-10-12-7-17(26-6-2-5-24-26)18(27)8-13(12)11-25/h1-6,9,12-13,17-18,27H,7-8,10-11H2,(H,23,28)/t12-,13+,17-,18-/m1/s1. The fourth-order valence-electron chi connectivity index (χ4n) is 4.88. The van der Waals surface area contributed by atoms with Gasteiger partial charge in [-0.2, -0.15) is 5.10 Å². The number of carbonyl (C=O) groups excluding carboxylic acids is 1. The summed E-state index contributed by atoms with van der Waals surface area (Å²) in [4.78, 5) is 30.3. The summed E-state index contributed by atoms with van der Waals surface area (Å²) in [5, 5.41) is 15.0. The Hall–Kier alpha value is -3.00. The van der Waals surface area contributed by atoms with Crippen molar-refractivity contribution in [2.75, 3.05) is 13.1 Å². The number of hydrogen-bond acceptors (Lipinski definition) is 4. The van der Waals surface area contributed by atoms with Crippen molar-refractivity contribution < 1.29 is 14.3 Å². The molecule has 1 aliphatic heterocycles. The molecule has 1 amide bonds. The van der Waals surface area contributed by atoms with Gasteiger partial charge >= 0.3 is 0 Å². The van der Waals surface area contributed by atoms with Crippen molar-refractivity contribution in [3.63, 3.8) is 0 Å². The number of aliphatic hydroxyl groups excluding tert-OH is 1. The fraction of sp³-hybridized carbons (Fsp3) is 0.381. The number of rotatable bonds is 2. The van der Waals surface area contributed by atoms with Gasteiger partial charge in [0.2, 0.25) is 5.43 Å². The summed E-state index contributed by atoms with van der Waals surface area (Å²) in [6.07, 6.45) is 5.66. The first-order valence-electron chi connectivity index (χ1n) is 9.79. The minimum absolute atomic E-state index is 0.0194. The van der Waals surface area contributed by atoms with Crippen LogP contribution in [0.3, 0.4) is 0 Å². The van der Waals surface area contributed by atoms with E-state index in [2.05, 4.69) is 10.1 Å². The number of benzene rings is 1. The number of likely N-dealkylation sites (tertiary alicyclic amines) is 1. The number of halogens is 1. The van der Waals surface area contributed by atoms with E-state index in [1.807, 2.05) is 12.3 Å². The molecule has 1 saturated heterocycles. The molecule has 2 aromatic heterocycles. The maximum Gasteiger partial charge on any atom is 0.259 e. The van der Waals surface area contributed by atoms with Crippen LogP contribution in [0.25, 0.3) is 10.9 Å². The van der Waals surface area contributed by atoms with Crippen LogP contribution in [0.15, 0.2) is 47.7 Å². The molecule has 2 aliphatic rings. The molecule has 150 valence electrons. The van der Waals surface area contributed by atoms with E-state index in [9.17, 15) is 19.1 Å². The lowest BCUT2D eigenvalue weighted by Crippen LogP contribution is -2.36. The van der Waals surface area contributed by atoms with Gasteiger partial charge in [0.15, 0.2) is 0 Å². The van der Waals surface area contributed by atoms with E-state index < -0.39 is 17.3 Å². The van der Waals surface area contributed by atoms with Gasteiger partial charge in [-0.15, -0.1) is 0 Å². The van der Waals surface area contributed by atoms with Gasteiger partial charge in [-0.25, -0.2) is 4.39 Å². The predicted octanol–water partition coefficient (Wildman–Crippen LogP) is 1.95. The summed E-state index contributed by atoms with van der Waals surface area (Å²) >= 11 is 0. The molecule has 8 heteroatoms. The minimum Gasteiger partial charge on any atom is -0.391 e. The molecular weight excluding hydrogens is 375 g/mol. The van der Waals surface area contributed by atoms with Crippen molar-refractivity contribution in [2.45, 2.75) is 25.0 Å². The number of nitrogens with one attached hydrogen (secondary N) is 1. The lowest BCUT2D eigenvalue weighted by atomic mass is 9.77. The van der Waals surface area contributed by atoms with Gasteiger partial charge in [0.25, 0.3) is 5.91 Å². The van der Waals surface area contributed by atoms with Gasteiger partial charge < -0.3 is 15.0 Å². The smallest absolute Gasteiger partial charge is 0.259 e. The fourth-order valence-corrected chi connectivity index (χ4v) is 4.88. The molecule has 4 atom stereocenters. The number of aromatic amines is 1. The van der Waals surface area contributed by atoms with Crippen LogP contribution in [0.4, 0.5) is 4.39 Å². The van der Waals surface area contributed by atoms with Crippen LogP contribution < -0.4 is 5.43 Å². The predicted molar refractivity (Wildman–Crippen MR) is 104 cm³/mol. The van der Waals surface area contributed by atoms with Crippen LogP contribution >= 0.6 is 0 Å². The quantitative estimate of drug-likeness (QED) is 0.693. The molecule has 0 unspecified atom stereocenters. The maximum absolute atomic E-state index is 13.9. The second kappa shape index (κ2) is 6.81. The minimum atomic E-state index is -0.524. The molecule has 29 heavy (non-hydrogen) atoms. The Bertz CT molecular complexity index is 1130. The SMILES string of the molecule is O=C(c1c[nH]c2c(F)cccc2c1=O)N1C[C@H]2C[C@@H](n3cccn3)[C@H](O)C[C@H]2C1. The number of carbonyl (C=O) groups is 1. The summed E-state index contributed by atoms with van der Waals surface area (Å²) in [5.41, 5.74) is -0.340. The number of H-pyrrole nitrogens is 1. The van der Waals surface area contributed by atoms with E-state index >= 15 is 0 Å². The summed E-state index contributed by atoms with van der Waals surface area (Å²) < 4.78 is 15.7. The average molecular weight is 396 g/mol. The summed E-state index contributed by atoms with van der Waals surface area (Å²) in [6, 6.07) is 5.98. The number of para-hydroxylation sites is 1. The number of aromatic nitrogens is 3. The number of nitrogens with zero attached hydrogens (tertiary/aromatic N) is 3. The third kappa shape index (κ3) is 2.95. The molecule has 1 aliphatic carbocycles. The van der Waals surface area contributed by atoms with Crippen LogP contribution in [0, 0.1) is 17.7 Å². The number of aliphatic hydroxyl groups is 1. The van der Waals surface area contributed by atoms with Crippen LogP contribution in [-0.4, -0.2) is 49.9 Å². The Labute approximate surface area is 165 Å². The highest BCUT2D eigenvalue weighted by atomic mass is 19.1. The summed E-state index contributed by atoms with van der Waals surface area (Å²) in [6.45, 7) is 1.04. The average Bonchev–Trinajstić information content (AvgIpc) is 3.37. The zero-order valence-corrected chi connectivity index (χ0v) is 15.7. The zero-order chi connectivity index (χ0) is 20.1. The monoisotopic (exact) mass is 396 g/mol. The normalized spacial score (nSPS) is 26.6. The largest absolute Gasteiger partial charge is 0.391 e. The van der Waals surface area contributed by atoms with Crippen molar-refractivity contribution in [1.29, 1.82) is 0 Å². The summed E-state index contributed by atoms with van der Waals surface area (Å²) in [7, 11) is 0. The van der Waals surface area contributed by atoms with Gasteiger partial charge in [0, 0.05) is 37.1 Å². The second-order valence-electron chi connectivity index (χ2n) is 8.02. The third-order valence-corrected chi connectivity index (χ3v) is 6.36. The zero-order valence-electron chi connectivity index (χ0n) is 15.7. The molecular formula is C21H21FN4O3. The Balaban J connectivity index is 1.39. The van der Waals surface area contributed by atoms with Crippen LogP contribution in [-0.2, 0) is 0 Å². The van der Waals surface area contributed by atoms with Crippen LogP contribution in [0.1, 0.15) is 29.2 Å². The van der Waals surface area contributed by atoms with Crippen molar-refractivity contribution in [2.24, 2.45) is 11.8 Å². The number of fused-ring (bicyclic) bond motifs is 2. The molecule has 3 aromatic rings. The van der Waals surface area contributed by atoms with E-state index in [0.717, 1.165) is 6.42 Å². The van der Waals surface area contributed by atoms with E-state index in [1.54, 1.807) is 15.8 Å². The van der Waals surface area contributed by atoms with Gasteiger partial charge in [0.05, 0.1) is 17.7 Å². The molecule has 0 radical (unpaired) electrons. The lowest BCUT2D eigenvalue weighted by Gasteiger charge is -2.35. The maximum atomic E-state index is 13.9. The van der Waals surface area contributed by atoms with Gasteiger partial charge in [-0.05, 0) is 42.9 Å². The molecule has 1 saturated carbocycles. The third-order valence-electron chi connectivity index (χ3n) is 6.36. The first-order valence-corrected chi connectivity index (χ1v) is 9.79. The lowest BCUT2D eigenvalue weighted by molar-refractivity contribution is 0.0306. The van der Waals surface area contributed by atoms with Crippen LogP contribution in [0.5, 0.6) is 0 Å². The first-order chi connectivity index (χ1) is 14.0. The molecule has 2 fully saturated rings. The highest BCUT2D eigenvalue weighted by Gasteiger charge is 2.44. The van der Waals surface area contributed by atoms with Crippen molar-refractivity contribution in [3.05, 3.63) is 64.5 Å². The van der Waals surface area contributed by atoms with E-state index in [4.69, 9.17) is 0 Å². The van der Waals surface area contributed by atoms with Gasteiger partial charge in [-0.3, -0.25) is 14.3 Å². The Morgan fingerprint density at radius 3 is 2.76 bits per heavy atom. The highest BCUT2D eigenvalue weighted by molar-refractivity contribution is 5.97. The Kier molecular flexibility index (Phi) is 4.24. The second-order valence-corrected chi connectivity index (χ2v) is 8.02. The van der Waals surface area contributed by atoms with Crippen molar-refractivity contribution in [1.82, 2.24) is 19.7 Å². The molecule has 0 spiro atoms. The number of pyridine rings is 1. The Morgan fingerprint density at radius 2 is 2.00 bits per heavy atom. The summed E-state index contributed by atoms with van der Waals surface area (Å²) in [5.74, 6) is -0.437. The molecule has 3 heterocycles. The van der Waals surface area contributed by atoms with E-state index in [-0.39, 0.29) is 40.3 Å². The molecule has 0 bridgehead atoms. The molecule has 1 aromatic carbocycles. The number of amides is 1. The molecule has 2 N–H and O–H groups in total.